The SMILES string of the molecule is CC1CCCN(CCNC(=O)C(C)(C)N)C1.Cl.Cl. The van der Waals surface area contributed by atoms with Crippen molar-refractivity contribution >= 4 is 30.7 Å². The lowest BCUT2D eigenvalue weighted by Crippen LogP contribution is -2.51. The molecular formula is C12H27Cl2N3O. The maximum absolute atomic E-state index is 11.5. The first-order valence-electron chi connectivity index (χ1n) is 6.19. The summed E-state index contributed by atoms with van der Waals surface area (Å²) in [6.07, 6.45) is 2.61. The molecular weight excluding hydrogens is 273 g/mol. The fraction of sp³-hybridized carbons (Fsp3) is 0.917. The van der Waals surface area contributed by atoms with E-state index in [9.17, 15) is 4.79 Å². The molecule has 0 saturated carbocycles. The highest BCUT2D eigenvalue weighted by Crippen LogP contribution is 2.14. The summed E-state index contributed by atoms with van der Waals surface area (Å²) in [6.45, 7) is 9.69. The molecule has 1 aliphatic heterocycles. The number of likely N-dealkylation sites (tertiary alicyclic amines) is 1. The van der Waals surface area contributed by atoms with Gasteiger partial charge in [0.05, 0.1) is 5.54 Å². The van der Waals surface area contributed by atoms with Crippen molar-refractivity contribution < 1.29 is 4.79 Å². The fourth-order valence-electron chi connectivity index (χ4n) is 2.05. The zero-order valence-corrected chi connectivity index (χ0v) is 13.2. The number of carbonyl (C=O) groups excluding carboxylic acids is 1. The van der Waals surface area contributed by atoms with Crippen molar-refractivity contribution in [3.05, 3.63) is 0 Å². The van der Waals surface area contributed by atoms with Crippen LogP contribution in [-0.2, 0) is 4.79 Å². The average molecular weight is 300 g/mol. The Morgan fingerprint density at radius 3 is 2.56 bits per heavy atom. The lowest BCUT2D eigenvalue weighted by molar-refractivity contribution is -0.125. The van der Waals surface area contributed by atoms with Crippen LogP contribution in [0.5, 0.6) is 0 Å². The Hall–Kier alpha value is -0.0300. The van der Waals surface area contributed by atoms with Gasteiger partial charge in [-0.05, 0) is 39.2 Å². The number of hydrogen-bond acceptors (Lipinski definition) is 3. The second-order valence-electron chi connectivity index (χ2n) is 5.53. The van der Waals surface area contributed by atoms with Crippen LogP contribution in [0.2, 0.25) is 0 Å². The van der Waals surface area contributed by atoms with Gasteiger partial charge >= 0.3 is 0 Å². The van der Waals surface area contributed by atoms with Crippen LogP contribution < -0.4 is 11.1 Å². The standard InChI is InChI=1S/C12H25N3O.2ClH/c1-10-5-4-7-15(9-10)8-6-14-11(16)12(2,3)13;;/h10H,4-9,13H2,1-3H3,(H,14,16);2*1H. The van der Waals surface area contributed by atoms with Gasteiger partial charge in [-0.1, -0.05) is 6.92 Å². The highest BCUT2D eigenvalue weighted by Gasteiger charge is 2.21. The third kappa shape index (κ3) is 7.41. The van der Waals surface area contributed by atoms with Crippen LogP contribution in [0.15, 0.2) is 0 Å². The van der Waals surface area contributed by atoms with Crippen molar-refractivity contribution in [2.45, 2.75) is 39.2 Å². The molecule has 1 rings (SSSR count). The van der Waals surface area contributed by atoms with E-state index in [0.717, 1.165) is 25.6 Å². The highest BCUT2D eigenvalue weighted by molar-refractivity contribution is 5.85. The number of nitrogens with two attached hydrogens (primary N) is 1. The van der Waals surface area contributed by atoms with E-state index in [-0.39, 0.29) is 30.7 Å². The summed E-state index contributed by atoms with van der Waals surface area (Å²) >= 11 is 0. The predicted octanol–water partition coefficient (Wildman–Crippen LogP) is 1.42. The van der Waals surface area contributed by atoms with Gasteiger partial charge in [0, 0.05) is 19.6 Å². The van der Waals surface area contributed by atoms with Crippen molar-refractivity contribution in [3.8, 4) is 0 Å². The molecule has 0 spiro atoms. The summed E-state index contributed by atoms with van der Waals surface area (Å²) in [5, 5.41) is 2.88. The van der Waals surface area contributed by atoms with E-state index in [4.69, 9.17) is 5.73 Å². The lowest BCUT2D eigenvalue weighted by Gasteiger charge is -2.31. The molecule has 1 fully saturated rings. The van der Waals surface area contributed by atoms with Gasteiger partial charge in [0.15, 0.2) is 0 Å². The van der Waals surface area contributed by atoms with Crippen LogP contribution in [0, 0.1) is 5.92 Å². The number of hydrogen-bond donors (Lipinski definition) is 2. The normalized spacial score (nSPS) is 20.6. The van der Waals surface area contributed by atoms with Crippen LogP contribution in [-0.4, -0.2) is 42.5 Å². The molecule has 1 heterocycles. The quantitative estimate of drug-likeness (QED) is 0.825. The Kier molecular flexibility index (Phi) is 10.1. The van der Waals surface area contributed by atoms with Crippen molar-refractivity contribution in [2.24, 2.45) is 11.7 Å². The molecule has 1 aliphatic rings. The zero-order valence-electron chi connectivity index (χ0n) is 11.6. The molecule has 0 aromatic heterocycles. The summed E-state index contributed by atoms with van der Waals surface area (Å²) in [7, 11) is 0. The number of halogens is 2. The van der Waals surface area contributed by atoms with Crippen LogP contribution in [0.1, 0.15) is 33.6 Å². The number of amides is 1. The second-order valence-corrected chi connectivity index (χ2v) is 5.53. The Labute approximate surface area is 123 Å². The summed E-state index contributed by atoms with van der Waals surface area (Å²) in [5.41, 5.74) is 4.93. The lowest BCUT2D eigenvalue weighted by atomic mass is 10.0. The predicted molar refractivity (Wildman–Crippen MR) is 80.6 cm³/mol. The van der Waals surface area contributed by atoms with Gasteiger partial charge in [0.1, 0.15) is 0 Å². The monoisotopic (exact) mass is 299 g/mol. The molecule has 110 valence electrons. The minimum absolute atomic E-state index is 0. The van der Waals surface area contributed by atoms with E-state index in [1.807, 2.05) is 0 Å². The molecule has 4 nitrogen and oxygen atoms in total. The van der Waals surface area contributed by atoms with E-state index in [0.29, 0.717) is 6.54 Å². The molecule has 0 radical (unpaired) electrons. The van der Waals surface area contributed by atoms with E-state index in [1.54, 1.807) is 13.8 Å². The molecule has 0 aliphatic carbocycles. The Morgan fingerprint density at radius 1 is 1.44 bits per heavy atom. The molecule has 1 unspecified atom stereocenters. The Balaban J connectivity index is 0. The minimum Gasteiger partial charge on any atom is -0.353 e. The van der Waals surface area contributed by atoms with E-state index < -0.39 is 5.54 Å². The van der Waals surface area contributed by atoms with Crippen LogP contribution in [0.25, 0.3) is 0 Å². The summed E-state index contributed by atoms with van der Waals surface area (Å²) in [6, 6.07) is 0. The van der Waals surface area contributed by atoms with Crippen molar-refractivity contribution in [1.82, 2.24) is 10.2 Å². The molecule has 1 saturated heterocycles. The van der Waals surface area contributed by atoms with Gasteiger partial charge in [-0.3, -0.25) is 4.79 Å². The van der Waals surface area contributed by atoms with E-state index in [1.165, 1.54) is 12.8 Å². The summed E-state index contributed by atoms with van der Waals surface area (Å²) in [5.74, 6) is 0.716. The summed E-state index contributed by atoms with van der Waals surface area (Å²) in [4.78, 5) is 13.9. The van der Waals surface area contributed by atoms with Crippen LogP contribution in [0.3, 0.4) is 0 Å². The zero-order chi connectivity index (χ0) is 12.2. The molecule has 0 aromatic carbocycles. The largest absolute Gasteiger partial charge is 0.353 e. The second kappa shape index (κ2) is 8.97. The van der Waals surface area contributed by atoms with Gasteiger partial charge in [0.25, 0.3) is 0 Å². The Bertz CT molecular complexity index is 244. The smallest absolute Gasteiger partial charge is 0.239 e. The molecule has 18 heavy (non-hydrogen) atoms. The number of nitrogens with zero attached hydrogens (tertiary/aromatic N) is 1. The molecule has 3 N–H and O–H groups in total. The molecule has 0 aromatic rings. The van der Waals surface area contributed by atoms with Gasteiger partial charge < -0.3 is 16.0 Å². The minimum atomic E-state index is -0.769. The van der Waals surface area contributed by atoms with Crippen molar-refractivity contribution in [3.63, 3.8) is 0 Å². The van der Waals surface area contributed by atoms with Gasteiger partial charge in [-0.15, -0.1) is 24.8 Å². The Morgan fingerprint density at radius 2 is 2.06 bits per heavy atom. The fourth-order valence-corrected chi connectivity index (χ4v) is 2.05. The summed E-state index contributed by atoms with van der Waals surface area (Å²) < 4.78 is 0. The first kappa shape index (κ1) is 20.3. The topological polar surface area (TPSA) is 58.4 Å². The molecule has 6 heteroatoms. The van der Waals surface area contributed by atoms with Crippen LogP contribution in [0.4, 0.5) is 0 Å². The number of rotatable bonds is 4. The number of carbonyl (C=O) groups is 1. The first-order chi connectivity index (χ1) is 7.39. The number of piperidine rings is 1. The molecule has 1 amide bonds. The van der Waals surface area contributed by atoms with Crippen LogP contribution >= 0.6 is 24.8 Å². The first-order valence-corrected chi connectivity index (χ1v) is 6.19. The van der Waals surface area contributed by atoms with E-state index >= 15 is 0 Å². The number of nitrogens with one attached hydrogen (secondary N) is 1. The highest BCUT2D eigenvalue weighted by atomic mass is 35.5. The van der Waals surface area contributed by atoms with Gasteiger partial charge in [0.2, 0.25) is 5.91 Å². The maximum atomic E-state index is 11.5. The van der Waals surface area contributed by atoms with Crippen molar-refractivity contribution in [2.75, 3.05) is 26.2 Å². The average Bonchev–Trinajstić information content (AvgIpc) is 2.16. The maximum Gasteiger partial charge on any atom is 0.239 e. The van der Waals surface area contributed by atoms with Gasteiger partial charge in [-0.25, -0.2) is 0 Å². The van der Waals surface area contributed by atoms with Crippen molar-refractivity contribution in [1.29, 1.82) is 0 Å². The van der Waals surface area contributed by atoms with Gasteiger partial charge in [-0.2, -0.15) is 0 Å². The third-order valence-electron chi connectivity index (χ3n) is 3.04. The van der Waals surface area contributed by atoms with E-state index in [2.05, 4.69) is 17.1 Å². The molecule has 0 bridgehead atoms. The molecule has 1 atom stereocenters. The third-order valence-corrected chi connectivity index (χ3v) is 3.04.